The van der Waals surface area contributed by atoms with Crippen LogP contribution in [0, 0.1) is 5.92 Å². The van der Waals surface area contributed by atoms with E-state index in [1.807, 2.05) is 4.90 Å². The number of carbonyl (C=O) groups excluding carboxylic acids is 2. The molecule has 2 aliphatic rings. The van der Waals surface area contributed by atoms with Crippen molar-refractivity contribution in [3.63, 3.8) is 0 Å². The standard InChI is InChI=1S/C12H18N2O2/c1-2-3-6-13-12(16)9-7-11(15)14(8-9)10-4-5-10/h2,9-10H,1,3-8H2,(H,13,16). The molecule has 1 saturated heterocycles. The number of amides is 2. The SMILES string of the molecule is C=CCCNC(=O)C1CC(=O)N(C2CC2)C1. The number of carbonyl (C=O) groups is 2. The Kier molecular flexibility index (Phi) is 3.27. The van der Waals surface area contributed by atoms with Gasteiger partial charge < -0.3 is 10.2 Å². The first-order valence-electron chi connectivity index (χ1n) is 5.90. The minimum absolute atomic E-state index is 0.0124. The first-order valence-corrected chi connectivity index (χ1v) is 5.90. The number of nitrogens with zero attached hydrogens (tertiary/aromatic N) is 1. The zero-order valence-corrected chi connectivity index (χ0v) is 9.45. The molecule has 1 aliphatic carbocycles. The summed E-state index contributed by atoms with van der Waals surface area (Å²) in [5.74, 6) is 0.0163. The second-order valence-corrected chi connectivity index (χ2v) is 4.55. The van der Waals surface area contributed by atoms with Crippen molar-refractivity contribution in [3.05, 3.63) is 12.7 Å². The molecule has 0 spiro atoms. The molecule has 88 valence electrons. The summed E-state index contributed by atoms with van der Waals surface area (Å²) in [7, 11) is 0. The second-order valence-electron chi connectivity index (χ2n) is 4.55. The molecule has 0 aromatic heterocycles. The molecule has 1 N–H and O–H groups in total. The summed E-state index contributed by atoms with van der Waals surface area (Å²) < 4.78 is 0. The predicted molar refractivity (Wildman–Crippen MR) is 60.7 cm³/mol. The van der Waals surface area contributed by atoms with Gasteiger partial charge in [-0.05, 0) is 19.3 Å². The Labute approximate surface area is 95.7 Å². The highest BCUT2D eigenvalue weighted by Crippen LogP contribution is 2.32. The van der Waals surface area contributed by atoms with E-state index < -0.39 is 0 Å². The quantitative estimate of drug-likeness (QED) is 0.549. The number of rotatable bonds is 5. The van der Waals surface area contributed by atoms with Crippen LogP contribution < -0.4 is 5.32 Å². The van der Waals surface area contributed by atoms with Gasteiger partial charge in [0.15, 0.2) is 0 Å². The van der Waals surface area contributed by atoms with Gasteiger partial charge in [-0.2, -0.15) is 0 Å². The number of hydrogen-bond donors (Lipinski definition) is 1. The van der Waals surface area contributed by atoms with Crippen LogP contribution in [0.1, 0.15) is 25.7 Å². The average molecular weight is 222 g/mol. The van der Waals surface area contributed by atoms with Crippen LogP contribution in [0.4, 0.5) is 0 Å². The molecule has 4 nitrogen and oxygen atoms in total. The van der Waals surface area contributed by atoms with E-state index >= 15 is 0 Å². The van der Waals surface area contributed by atoms with Gasteiger partial charge in [0, 0.05) is 25.6 Å². The fourth-order valence-corrected chi connectivity index (χ4v) is 2.09. The van der Waals surface area contributed by atoms with Crippen LogP contribution in [0.15, 0.2) is 12.7 Å². The monoisotopic (exact) mass is 222 g/mol. The lowest BCUT2D eigenvalue weighted by molar-refractivity contribution is -0.129. The van der Waals surface area contributed by atoms with E-state index in [0.717, 1.165) is 19.3 Å². The van der Waals surface area contributed by atoms with Gasteiger partial charge in [-0.25, -0.2) is 0 Å². The zero-order valence-electron chi connectivity index (χ0n) is 9.45. The first kappa shape index (κ1) is 11.2. The van der Waals surface area contributed by atoms with Crippen LogP contribution in [0.25, 0.3) is 0 Å². The maximum atomic E-state index is 11.7. The molecule has 1 heterocycles. The summed E-state index contributed by atoms with van der Waals surface area (Å²) in [6.45, 7) is 4.83. The lowest BCUT2D eigenvalue weighted by atomic mass is 10.1. The minimum Gasteiger partial charge on any atom is -0.355 e. The molecule has 2 amide bonds. The number of nitrogens with one attached hydrogen (secondary N) is 1. The van der Waals surface area contributed by atoms with Gasteiger partial charge >= 0.3 is 0 Å². The molecule has 0 radical (unpaired) electrons. The Bertz CT molecular complexity index is 310. The van der Waals surface area contributed by atoms with Gasteiger partial charge in [0.1, 0.15) is 0 Å². The van der Waals surface area contributed by atoms with Crippen molar-refractivity contribution >= 4 is 11.8 Å². The molecule has 1 unspecified atom stereocenters. The topological polar surface area (TPSA) is 49.4 Å². The third-order valence-electron chi connectivity index (χ3n) is 3.16. The molecule has 4 heteroatoms. The molecular formula is C12H18N2O2. The van der Waals surface area contributed by atoms with E-state index in [-0.39, 0.29) is 17.7 Å². The molecule has 1 saturated carbocycles. The Hall–Kier alpha value is -1.32. The van der Waals surface area contributed by atoms with Crippen LogP contribution in [0.2, 0.25) is 0 Å². The molecular weight excluding hydrogens is 204 g/mol. The molecule has 0 aromatic carbocycles. The molecule has 16 heavy (non-hydrogen) atoms. The Morgan fingerprint density at radius 1 is 1.56 bits per heavy atom. The molecule has 1 atom stereocenters. The summed E-state index contributed by atoms with van der Waals surface area (Å²) in [5, 5.41) is 2.84. The maximum absolute atomic E-state index is 11.7. The second kappa shape index (κ2) is 4.68. The molecule has 2 fully saturated rings. The van der Waals surface area contributed by atoms with Crippen molar-refractivity contribution in [3.8, 4) is 0 Å². The van der Waals surface area contributed by atoms with Crippen molar-refractivity contribution in [2.75, 3.05) is 13.1 Å². The van der Waals surface area contributed by atoms with Crippen LogP contribution in [-0.2, 0) is 9.59 Å². The fourth-order valence-electron chi connectivity index (χ4n) is 2.09. The smallest absolute Gasteiger partial charge is 0.225 e. The van der Waals surface area contributed by atoms with Crippen molar-refractivity contribution in [1.29, 1.82) is 0 Å². The van der Waals surface area contributed by atoms with E-state index in [1.165, 1.54) is 0 Å². The van der Waals surface area contributed by atoms with Crippen molar-refractivity contribution < 1.29 is 9.59 Å². The Morgan fingerprint density at radius 3 is 2.94 bits per heavy atom. The predicted octanol–water partition coefficient (Wildman–Crippen LogP) is 0.690. The summed E-state index contributed by atoms with van der Waals surface area (Å²) >= 11 is 0. The van der Waals surface area contributed by atoms with E-state index in [9.17, 15) is 9.59 Å². The van der Waals surface area contributed by atoms with E-state index in [2.05, 4.69) is 11.9 Å². The molecule has 2 rings (SSSR count). The van der Waals surface area contributed by atoms with E-state index in [4.69, 9.17) is 0 Å². The normalized spacial score (nSPS) is 24.6. The first-order chi connectivity index (χ1) is 7.72. The van der Waals surface area contributed by atoms with Gasteiger partial charge in [-0.1, -0.05) is 6.08 Å². The van der Waals surface area contributed by atoms with Crippen molar-refractivity contribution in [2.45, 2.75) is 31.7 Å². The largest absolute Gasteiger partial charge is 0.355 e. The molecule has 0 aromatic rings. The fraction of sp³-hybridized carbons (Fsp3) is 0.667. The number of likely N-dealkylation sites (tertiary alicyclic amines) is 1. The van der Waals surface area contributed by atoms with Crippen molar-refractivity contribution in [1.82, 2.24) is 10.2 Å². The van der Waals surface area contributed by atoms with E-state index in [1.54, 1.807) is 6.08 Å². The van der Waals surface area contributed by atoms with Crippen LogP contribution in [-0.4, -0.2) is 35.8 Å². The highest BCUT2D eigenvalue weighted by molar-refractivity contribution is 5.89. The van der Waals surface area contributed by atoms with Gasteiger partial charge in [-0.15, -0.1) is 6.58 Å². The Morgan fingerprint density at radius 2 is 2.31 bits per heavy atom. The van der Waals surface area contributed by atoms with E-state index in [0.29, 0.717) is 25.6 Å². The summed E-state index contributed by atoms with van der Waals surface area (Å²) in [6, 6.07) is 0.429. The van der Waals surface area contributed by atoms with Gasteiger partial charge in [-0.3, -0.25) is 9.59 Å². The van der Waals surface area contributed by atoms with Gasteiger partial charge in [0.05, 0.1) is 5.92 Å². The lowest BCUT2D eigenvalue weighted by Gasteiger charge is -2.15. The third-order valence-corrected chi connectivity index (χ3v) is 3.16. The van der Waals surface area contributed by atoms with Crippen LogP contribution >= 0.6 is 0 Å². The van der Waals surface area contributed by atoms with Crippen molar-refractivity contribution in [2.24, 2.45) is 5.92 Å². The summed E-state index contributed by atoms with van der Waals surface area (Å²) in [6.07, 6.45) is 5.15. The Balaban J connectivity index is 1.79. The molecule has 1 aliphatic heterocycles. The summed E-state index contributed by atoms with van der Waals surface area (Å²) in [4.78, 5) is 25.2. The molecule has 0 bridgehead atoms. The van der Waals surface area contributed by atoms with Gasteiger partial charge in [0.2, 0.25) is 11.8 Å². The summed E-state index contributed by atoms with van der Waals surface area (Å²) in [5.41, 5.74) is 0. The average Bonchev–Trinajstić information content (AvgIpc) is 3.02. The zero-order chi connectivity index (χ0) is 11.5. The highest BCUT2D eigenvalue weighted by Gasteiger charge is 2.41. The highest BCUT2D eigenvalue weighted by atomic mass is 16.2. The minimum atomic E-state index is -0.141. The number of hydrogen-bond acceptors (Lipinski definition) is 2. The van der Waals surface area contributed by atoms with Gasteiger partial charge in [0.25, 0.3) is 0 Å². The van der Waals surface area contributed by atoms with Crippen LogP contribution in [0.5, 0.6) is 0 Å². The lowest BCUT2D eigenvalue weighted by Crippen LogP contribution is -2.34. The maximum Gasteiger partial charge on any atom is 0.225 e. The third kappa shape index (κ3) is 2.43. The van der Waals surface area contributed by atoms with Crippen LogP contribution in [0.3, 0.4) is 0 Å².